The minimum atomic E-state index is -2.76. The van der Waals surface area contributed by atoms with E-state index in [2.05, 4.69) is 36.7 Å². The van der Waals surface area contributed by atoms with Crippen LogP contribution in [0.15, 0.2) is 53.7 Å². The molecule has 33 heavy (non-hydrogen) atoms. The van der Waals surface area contributed by atoms with Gasteiger partial charge in [0.1, 0.15) is 23.2 Å². The van der Waals surface area contributed by atoms with E-state index >= 15 is 0 Å². The van der Waals surface area contributed by atoms with E-state index in [1.54, 1.807) is 24.3 Å². The summed E-state index contributed by atoms with van der Waals surface area (Å²) in [5.41, 5.74) is 2.46. The average Bonchev–Trinajstić information content (AvgIpc) is 3.21. The molecular formula is C21H19ClFN7O2S. The minimum Gasteiger partial charge on any atom is -0.363 e. The number of aromatic amines is 1. The predicted molar refractivity (Wildman–Crippen MR) is 126 cm³/mol. The van der Waals surface area contributed by atoms with Gasteiger partial charge in [0, 0.05) is 18.0 Å². The second-order valence-corrected chi connectivity index (χ2v) is 9.50. The number of amides is 1. The molecule has 4 rings (SSSR count). The third-order valence-electron chi connectivity index (χ3n) is 4.79. The molecule has 0 fully saturated rings. The summed E-state index contributed by atoms with van der Waals surface area (Å²) in [7, 11) is -2.76. The summed E-state index contributed by atoms with van der Waals surface area (Å²) in [6.45, 7) is 0.544. The molecule has 0 aliphatic carbocycles. The van der Waals surface area contributed by atoms with Crippen molar-refractivity contribution in [3.05, 3.63) is 76.5 Å². The molecule has 0 saturated heterocycles. The normalized spacial score (nSPS) is 12.9. The first kappa shape index (κ1) is 22.6. The van der Waals surface area contributed by atoms with Crippen LogP contribution in [-0.4, -0.2) is 36.2 Å². The number of nitrogens with one attached hydrogen (secondary N) is 3. The molecule has 0 saturated carbocycles. The van der Waals surface area contributed by atoms with Crippen LogP contribution in [0.3, 0.4) is 0 Å². The molecule has 1 unspecified atom stereocenters. The number of fused-ring (bicyclic) bond motifs is 1. The Labute approximate surface area is 193 Å². The quantitative estimate of drug-likeness (QED) is 0.295. The van der Waals surface area contributed by atoms with Gasteiger partial charge in [-0.2, -0.15) is 5.10 Å². The Morgan fingerprint density at radius 2 is 1.88 bits per heavy atom. The van der Waals surface area contributed by atoms with E-state index in [0.717, 1.165) is 5.56 Å². The predicted octanol–water partition coefficient (Wildman–Crippen LogP) is 2.64. The Kier molecular flexibility index (Phi) is 6.27. The van der Waals surface area contributed by atoms with Crippen LogP contribution >= 0.6 is 11.6 Å². The molecule has 0 spiro atoms. The molecule has 0 radical (unpaired) electrons. The number of aromatic nitrogens is 4. The lowest BCUT2D eigenvalue weighted by molar-refractivity contribution is 0.0947. The summed E-state index contributed by atoms with van der Waals surface area (Å²) in [5.74, 6) is 2.92. The Hall–Kier alpha value is -3.54. The van der Waals surface area contributed by atoms with Crippen LogP contribution in [0.5, 0.6) is 0 Å². The summed E-state index contributed by atoms with van der Waals surface area (Å²) < 4.78 is 25.1. The van der Waals surface area contributed by atoms with Gasteiger partial charge < -0.3 is 10.6 Å². The van der Waals surface area contributed by atoms with Crippen molar-refractivity contribution in [3.63, 3.8) is 0 Å². The van der Waals surface area contributed by atoms with Gasteiger partial charge in [0.05, 0.1) is 14.7 Å². The molecule has 2 aromatic heterocycles. The molecule has 12 heteroatoms. The molecule has 4 aromatic rings. The van der Waals surface area contributed by atoms with Gasteiger partial charge in [-0.05, 0) is 41.3 Å². The number of rotatable bonds is 7. The zero-order valence-corrected chi connectivity index (χ0v) is 18.7. The van der Waals surface area contributed by atoms with Gasteiger partial charge in [0.25, 0.3) is 5.91 Å². The molecule has 2 aromatic carbocycles. The number of halogens is 2. The molecule has 1 atom stereocenters. The van der Waals surface area contributed by atoms with Crippen molar-refractivity contribution in [1.29, 1.82) is 0 Å². The zero-order chi connectivity index (χ0) is 23.6. The summed E-state index contributed by atoms with van der Waals surface area (Å²) in [6, 6.07) is 11.1. The van der Waals surface area contributed by atoms with Crippen molar-refractivity contribution < 1.29 is 13.4 Å². The maximum Gasteiger partial charge on any atom is 0.272 e. The molecule has 2 heterocycles. The van der Waals surface area contributed by atoms with Crippen molar-refractivity contribution >= 4 is 49.9 Å². The number of hydrogen-bond donors (Lipinski definition) is 4. The Morgan fingerprint density at radius 3 is 2.58 bits per heavy atom. The highest BCUT2D eigenvalue weighted by molar-refractivity contribution is 7.98. The third kappa shape index (κ3) is 5.11. The van der Waals surface area contributed by atoms with Crippen LogP contribution in [0, 0.1) is 5.82 Å². The summed E-state index contributed by atoms with van der Waals surface area (Å²) in [6.07, 6.45) is 1.27. The Morgan fingerprint density at radius 1 is 1.15 bits per heavy atom. The lowest BCUT2D eigenvalue weighted by Gasteiger charge is -2.07. The third-order valence-corrected chi connectivity index (χ3v) is 6.15. The molecule has 0 aliphatic heterocycles. The fourth-order valence-corrected chi connectivity index (χ4v) is 3.87. The zero-order valence-electron chi connectivity index (χ0n) is 17.1. The highest BCUT2D eigenvalue weighted by Gasteiger charge is 2.17. The first-order valence-electron chi connectivity index (χ1n) is 9.61. The van der Waals surface area contributed by atoms with E-state index in [9.17, 15) is 13.4 Å². The number of carbonyl (C=O) groups is 1. The van der Waals surface area contributed by atoms with Gasteiger partial charge >= 0.3 is 0 Å². The standard InChI is InChI=1S/C21H19ClFN7O2S/c1-33(24,32)14-5-2-12(3-6-14)9-25-20-18-17(29-30-20)19(28-11-27-18)21(31)26-10-13-4-7-16(23)15(22)8-13/h2-8,11H,1,9-10H2,(H2,24,32)(H,26,31)(H2,25,29,30). The Balaban J connectivity index is 1.46. The smallest absolute Gasteiger partial charge is 0.272 e. The van der Waals surface area contributed by atoms with Gasteiger partial charge in [0.15, 0.2) is 11.5 Å². The lowest BCUT2D eigenvalue weighted by atomic mass is 10.2. The number of H-pyrrole nitrogens is 1. The van der Waals surface area contributed by atoms with Crippen LogP contribution in [0.1, 0.15) is 21.6 Å². The first-order chi connectivity index (χ1) is 15.7. The van der Waals surface area contributed by atoms with E-state index in [-0.39, 0.29) is 17.3 Å². The SMILES string of the molecule is C=S(N)(=O)c1ccc(CNc2n[nH]c3c(C(=O)NCc4ccc(F)c(Cl)c4)ncnc23)cc1. The topological polar surface area (TPSA) is 139 Å². The molecule has 5 N–H and O–H groups in total. The highest BCUT2D eigenvalue weighted by Crippen LogP contribution is 2.21. The number of hydrogen-bond acceptors (Lipinski definition) is 6. The van der Waals surface area contributed by atoms with Gasteiger partial charge in [-0.1, -0.05) is 29.8 Å². The van der Waals surface area contributed by atoms with Gasteiger partial charge in [-0.3, -0.25) is 15.0 Å². The van der Waals surface area contributed by atoms with Crippen LogP contribution < -0.4 is 15.8 Å². The molecule has 1 amide bonds. The van der Waals surface area contributed by atoms with E-state index in [0.29, 0.717) is 33.9 Å². The molecular weight excluding hydrogens is 469 g/mol. The van der Waals surface area contributed by atoms with E-state index < -0.39 is 21.4 Å². The second kappa shape index (κ2) is 9.14. The van der Waals surface area contributed by atoms with Crippen LogP contribution in [0.4, 0.5) is 10.2 Å². The van der Waals surface area contributed by atoms with Gasteiger partial charge in [-0.15, -0.1) is 0 Å². The number of anilines is 1. The fraction of sp³-hybridized carbons (Fsp3) is 0.0952. The van der Waals surface area contributed by atoms with Crippen molar-refractivity contribution in [2.45, 2.75) is 18.0 Å². The first-order valence-corrected chi connectivity index (χ1v) is 11.8. The van der Waals surface area contributed by atoms with E-state index in [4.69, 9.17) is 16.7 Å². The highest BCUT2D eigenvalue weighted by atomic mass is 35.5. The second-order valence-electron chi connectivity index (χ2n) is 7.17. The maximum atomic E-state index is 13.3. The van der Waals surface area contributed by atoms with Crippen molar-refractivity contribution in [3.8, 4) is 0 Å². The minimum absolute atomic E-state index is 0.0203. The maximum absolute atomic E-state index is 13.3. The summed E-state index contributed by atoms with van der Waals surface area (Å²) >= 11 is 5.78. The van der Waals surface area contributed by atoms with E-state index in [1.165, 1.54) is 24.5 Å². The van der Waals surface area contributed by atoms with Crippen molar-refractivity contribution in [2.75, 3.05) is 5.32 Å². The van der Waals surface area contributed by atoms with Crippen LogP contribution in [0.2, 0.25) is 5.02 Å². The number of nitrogens with zero attached hydrogens (tertiary/aromatic N) is 3. The number of nitrogens with two attached hydrogens (primary N) is 1. The monoisotopic (exact) mass is 487 g/mol. The van der Waals surface area contributed by atoms with E-state index in [1.807, 2.05) is 0 Å². The van der Waals surface area contributed by atoms with Gasteiger partial charge in [-0.25, -0.2) is 18.6 Å². The largest absolute Gasteiger partial charge is 0.363 e. The van der Waals surface area contributed by atoms with Gasteiger partial charge in [0.2, 0.25) is 0 Å². The molecule has 0 aliphatic rings. The lowest BCUT2D eigenvalue weighted by Crippen LogP contribution is -2.24. The van der Waals surface area contributed by atoms with Crippen molar-refractivity contribution in [2.24, 2.45) is 5.14 Å². The number of benzene rings is 2. The fourth-order valence-electron chi connectivity index (χ4n) is 3.07. The molecule has 170 valence electrons. The molecule has 9 nitrogen and oxygen atoms in total. The van der Waals surface area contributed by atoms with Crippen LogP contribution in [0.25, 0.3) is 11.0 Å². The summed E-state index contributed by atoms with van der Waals surface area (Å²) in [4.78, 5) is 21.4. The molecule has 0 bridgehead atoms. The van der Waals surface area contributed by atoms with Crippen molar-refractivity contribution in [1.82, 2.24) is 25.5 Å². The average molecular weight is 488 g/mol. The van der Waals surface area contributed by atoms with Crippen LogP contribution in [-0.2, 0) is 22.8 Å². The summed E-state index contributed by atoms with van der Waals surface area (Å²) in [5, 5.41) is 18.4. The Bertz CT molecular complexity index is 1440. The number of carbonyl (C=O) groups excluding carboxylic acids is 1.